The van der Waals surface area contributed by atoms with E-state index in [2.05, 4.69) is 42.5 Å². The van der Waals surface area contributed by atoms with Crippen LogP contribution in [-0.4, -0.2) is 29.5 Å². The number of aryl methyl sites for hydroxylation is 3. The van der Waals surface area contributed by atoms with E-state index in [4.69, 9.17) is 0 Å². The van der Waals surface area contributed by atoms with Gasteiger partial charge in [0.15, 0.2) is 0 Å². The molecule has 2 fully saturated rings. The number of nitrogens with zero attached hydrogens (tertiary/aromatic N) is 1. The number of nitrogens with one attached hydrogen (secondary N) is 1. The maximum atomic E-state index is 3.77. The molecule has 1 heterocycles. The van der Waals surface area contributed by atoms with Crippen molar-refractivity contribution >= 4 is 11.9 Å². The summed E-state index contributed by atoms with van der Waals surface area (Å²) in [7, 11) is 0. The molecular formula is C17H26N2S. The summed E-state index contributed by atoms with van der Waals surface area (Å²) < 4.78 is 2.55. The van der Waals surface area contributed by atoms with Crippen LogP contribution in [0.3, 0.4) is 0 Å². The van der Waals surface area contributed by atoms with E-state index in [1.165, 1.54) is 60.4 Å². The van der Waals surface area contributed by atoms with Crippen molar-refractivity contribution in [2.45, 2.75) is 63.4 Å². The highest BCUT2D eigenvalue weighted by Crippen LogP contribution is 2.32. The topological polar surface area (TPSA) is 15.3 Å². The van der Waals surface area contributed by atoms with Gasteiger partial charge in [-0.15, -0.1) is 0 Å². The highest BCUT2D eigenvalue weighted by Gasteiger charge is 2.27. The van der Waals surface area contributed by atoms with Gasteiger partial charge in [0.05, 0.1) is 0 Å². The van der Waals surface area contributed by atoms with E-state index < -0.39 is 0 Å². The Balaban J connectivity index is 1.56. The molecule has 0 aromatic heterocycles. The minimum atomic E-state index is 0.763. The highest BCUT2D eigenvalue weighted by molar-refractivity contribution is 7.97. The van der Waals surface area contributed by atoms with Crippen molar-refractivity contribution in [2.75, 3.05) is 13.1 Å². The third-order valence-corrected chi connectivity index (χ3v) is 5.78. The van der Waals surface area contributed by atoms with Gasteiger partial charge < -0.3 is 5.32 Å². The molecule has 2 nitrogen and oxygen atoms in total. The van der Waals surface area contributed by atoms with Crippen molar-refractivity contribution in [3.8, 4) is 0 Å². The fourth-order valence-electron chi connectivity index (χ4n) is 3.14. The zero-order valence-corrected chi connectivity index (χ0v) is 13.7. The lowest BCUT2D eigenvalue weighted by Crippen LogP contribution is -2.40. The molecule has 0 unspecified atom stereocenters. The molecule has 1 saturated carbocycles. The lowest BCUT2D eigenvalue weighted by Gasteiger charge is -2.32. The minimum Gasteiger partial charge on any atom is -0.311 e. The van der Waals surface area contributed by atoms with Gasteiger partial charge in [-0.2, -0.15) is 0 Å². The average molecular weight is 290 g/mol. The first kappa shape index (κ1) is 14.4. The smallest absolute Gasteiger partial charge is 0.0288 e. The van der Waals surface area contributed by atoms with Crippen LogP contribution in [0.15, 0.2) is 17.0 Å². The first-order chi connectivity index (χ1) is 9.61. The summed E-state index contributed by atoms with van der Waals surface area (Å²) in [6.45, 7) is 9.08. The molecule has 3 rings (SSSR count). The second kappa shape index (κ2) is 6.08. The van der Waals surface area contributed by atoms with Crippen molar-refractivity contribution in [3.05, 3.63) is 28.8 Å². The first-order valence-electron chi connectivity index (χ1n) is 7.88. The van der Waals surface area contributed by atoms with Crippen LogP contribution in [0.5, 0.6) is 0 Å². The number of hydrogen-bond acceptors (Lipinski definition) is 3. The molecule has 1 saturated heterocycles. The van der Waals surface area contributed by atoms with Gasteiger partial charge in [0.1, 0.15) is 0 Å². The van der Waals surface area contributed by atoms with Crippen LogP contribution in [0, 0.1) is 20.8 Å². The van der Waals surface area contributed by atoms with E-state index in [9.17, 15) is 0 Å². The fourth-order valence-corrected chi connectivity index (χ4v) is 4.19. The van der Waals surface area contributed by atoms with E-state index in [0.29, 0.717) is 0 Å². The lowest BCUT2D eigenvalue weighted by atomic mass is 10.1. The molecule has 3 heteroatoms. The van der Waals surface area contributed by atoms with Gasteiger partial charge in [0.2, 0.25) is 0 Å². The number of rotatable bonds is 4. The Labute approximate surface area is 127 Å². The number of benzene rings is 1. The second-order valence-corrected chi connectivity index (χ2v) is 7.57. The fraction of sp³-hybridized carbons (Fsp3) is 0.647. The van der Waals surface area contributed by atoms with Crippen molar-refractivity contribution < 1.29 is 0 Å². The Hall–Kier alpha value is -0.510. The van der Waals surface area contributed by atoms with Crippen LogP contribution in [0.4, 0.5) is 0 Å². The van der Waals surface area contributed by atoms with Gasteiger partial charge in [-0.1, -0.05) is 17.7 Å². The Morgan fingerprint density at radius 2 is 1.50 bits per heavy atom. The molecule has 1 aliphatic carbocycles. The van der Waals surface area contributed by atoms with E-state index >= 15 is 0 Å². The van der Waals surface area contributed by atoms with Gasteiger partial charge >= 0.3 is 0 Å². The van der Waals surface area contributed by atoms with Crippen LogP contribution in [0.1, 0.15) is 42.4 Å². The van der Waals surface area contributed by atoms with Crippen LogP contribution in [0.25, 0.3) is 0 Å². The Morgan fingerprint density at radius 1 is 0.950 bits per heavy atom. The Bertz CT molecular complexity index is 451. The zero-order valence-electron chi connectivity index (χ0n) is 12.9. The summed E-state index contributed by atoms with van der Waals surface area (Å²) in [6, 6.07) is 6.22. The maximum Gasteiger partial charge on any atom is 0.0288 e. The molecule has 0 amide bonds. The van der Waals surface area contributed by atoms with Gasteiger partial charge in [0, 0.05) is 30.1 Å². The maximum absolute atomic E-state index is 3.77. The lowest BCUT2D eigenvalue weighted by molar-refractivity contribution is 0.306. The van der Waals surface area contributed by atoms with Crippen LogP contribution in [0.2, 0.25) is 0 Å². The van der Waals surface area contributed by atoms with Crippen molar-refractivity contribution in [2.24, 2.45) is 0 Å². The molecule has 1 aliphatic heterocycles. The van der Waals surface area contributed by atoms with E-state index in [0.717, 1.165) is 12.1 Å². The van der Waals surface area contributed by atoms with Crippen LogP contribution < -0.4 is 5.32 Å². The first-order valence-corrected chi connectivity index (χ1v) is 8.66. The third-order valence-electron chi connectivity index (χ3n) is 4.33. The summed E-state index contributed by atoms with van der Waals surface area (Å²) >= 11 is 1.97. The molecule has 0 spiro atoms. The van der Waals surface area contributed by atoms with E-state index in [-0.39, 0.29) is 0 Å². The monoisotopic (exact) mass is 290 g/mol. The van der Waals surface area contributed by atoms with Crippen molar-refractivity contribution in [1.82, 2.24) is 9.62 Å². The predicted molar refractivity (Wildman–Crippen MR) is 87.3 cm³/mol. The zero-order chi connectivity index (χ0) is 14.1. The summed E-state index contributed by atoms with van der Waals surface area (Å²) in [5, 5.41) is 3.77. The molecule has 0 atom stereocenters. The molecule has 0 bridgehead atoms. The van der Waals surface area contributed by atoms with Gasteiger partial charge in [-0.3, -0.25) is 0 Å². The van der Waals surface area contributed by atoms with Gasteiger partial charge in [-0.25, -0.2) is 4.31 Å². The van der Waals surface area contributed by atoms with Crippen molar-refractivity contribution in [1.29, 1.82) is 0 Å². The standard InChI is InChI=1S/C17H26N2S/c1-12-10-13(2)17(14(3)11-12)20-19-8-6-16(7-9-19)18-15-4-5-15/h10-11,15-16,18H,4-9H2,1-3H3. The normalized spacial score (nSPS) is 21.4. The summed E-state index contributed by atoms with van der Waals surface area (Å²) in [4.78, 5) is 1.46. The van der Waals surface area contributed by atoms with E-state index in [1.54, 1.807) is 0 Å². The highest BCUT2D eigenvalue weighted by atomic mass is 32.2. The van der Waals surface area contributed by atoms with Crippen molar-refractivity contribution in [3.63, 3.8) is 0 Å². The molecule has 1 aromatic carbocycles. The quantitative estimate of drug-likeness (QED) is 0.848. The third kappa shape index (κ3) is 3.57. The summed E-state index contributed by atoms with van der Waals surface area (Å²) in [6.07, 6.45) is 5.40. The molecule has 2 aliphatic rings. The van der Waals surface area contributed by atoms with Crippen LogP contribution >= 0.6 is 11.9 Å². The molecule has 1 N–H and O–H groups in total. The predicted octanol–water partition coefficient (Wildman–Crippen LogP) is 3.84. The Morgan fingerprint density at radius 3 is 2.05 bits per heavy atom. The number of piperidine rings is 1. The molecule has 1 aromatic rings. The van der Waals surface area contributed by atoms with Gasteiger partial charge in [0.25, 0.3) is 0 Å². The second-order valence-electron chi connectivity index (χ2n) is 6.46. The molecular weight excluding hydrogens is 264 g/mol. The molecule has 0 radical (unpaired) electrons. The average Bonchev–Trinajstić information content (AvgIpc) is 3.20. The molecule has 110 valence electrons. The molecule has 20 heavy (non-hydrogen) atoms. The number of hydrogen-bond donors (Lipinski definition) is 1. The van der Waals surface area contributed by atoms with Gasteiger partial charge in [-0.05, 0) is 69.5 Å². The Kier molecular flexibility index (Phi) is 4.39. The van der Waals surface area contributed by atoms with Crippen LogP contribution in [-0.2, 0) is 0 Å². The summed E-state index contributed by atoms with van der Waals surface area (Å²) in [5.74, 6) is 0. The SMILES string of the molecule is Cc1cc(C)c(SN2CCC(NC3CC3)CC2)c(C)c1. The minimum absolute atomic E-state index is 0.763. The largest absolute Gasteiger partial charge is 0.311 e. The van der Waals surface area contributed by atoms with E-state index in [1.807, 2.05) is 11.9 Å². The summed E-state index contributed by atoms with van der Waals surface area (Å²) in [5.41, 5.74) is 4.22.